The van der Waals surface area contributed by atoms with Crippen molar-refractivity contribution < 1.29 is 4.74 Å². The number of amidine groups is 1. The first-order valence-electron chi connectivity index (χ1n) is 7.23. The lowest BCUT2D eigenvalue weighted by Gasteiger charge is -2.27. The Morgan fingerprint density at radius 3 is 2.50 bits per heavy atom. The summed E-state index contributed by atoms with van der Waals surface area (Å²) >= 11 is 0. The van der Waals surface area contributed by atoms with Crippen molar-refractivity contribution in [1.29, 1.82) is 5.41 Å². The SMILES string of the molecule is C=NC(CC(=N)N1CCCC1)OC1CCCCC1. The summed E-state index contributed by atoms with van der Waals surface area (Å²) in [5, 5.41) is 8.10. The predicted octanol–water partition coefficient (Wildman–Crippen LogP) is 2.83. The molecule has 0 aromatic heterocycles. The molecule has 2 aliphatic rings. The standard InChI is InChI=1S/C14H25N3O/c1-16-14(18-12-7-3-2-4-8-12)11-13(15)17-9-5-6-10-17/h12,14-15H,1-11H2. The van der Waals surface area contributed by atoms with Crippen molar-refractivity contribution in [3.63, 3.8) is 0 Å². The zero-order chi connectivity index (χ0) is 12.8. The average Bonchev–Trinajstić information content (AvgIpc) is 2.93. The Kier molecular flexibility index (Phi) is 5.17. The smallest absolute Gasteiger partial charge is 0.154 e. The molecule has 1 saturated carbocycles. The summed E-state index contributed by atoms with van der Waals surface area (Å²) < 4.78 is 5.97. The number of likely N-dealkylation sites (tertiary alicyclic amines) is 1. The highest BCUT2D eigenvalue weighted by molar-refractivity contribution is 5.79. The van der Waals surface area contributed by atoms with Gasteiger partial charge in [0.25, 0.3) is 0 Å². The molecular weight excluding hydrogens is 226 g/mol. The largest absolute Gasteiger partial charge is 0.360 e. The van der Waals surface area contributed by atoms with Crippen LogP contribution in [0.15, 0.2) is 4.99 Å². The van der Waals surface area contributed by atoms with Gasteiger partial charge in [0.1, 0.15) is 5.84 Å². The van der Waals surface area contributed by atoms with Crippen LogP contribution in [0.25, 0.3) is 0 Å². The molecule has 0 amide bonds. The van der Waals surface area contributed by atoms with Crippen LogP contribution in [0, 0.1) is 5.41 Å². The Morgan fingerprint density at radius 1 is 1.22 bits per heavy atom. The van der Waals surface area contributed by atoms with Crippen molar-refractivity contribution in [2.45, 2.75) is 63.7 Å². The minimum absolute atomic E-state index is 0.221. The van der Waals surface area contributed by atoms with Crippen molar-refractivity contribution in [2.24, 2.45) is 4.99 Å². The van der Waals surface area contributed by atoms with Crippen LogP contribution in [0.1, 0.15) is 51.4 Å². The van der Waals surface area contributed by atoms with Gasteiger partial charge in [-0.3, -0.25) is 10.4 Å². The zero-order valence-corrected chi connectivity index (χ0v) is 11.2. The third-order valence-electron chi connectivity index (χ3n) is 3.96. The van der Waals surface area contributed by atoms with Gasteiger partial charge in [0.05, 0.1) is 12.5 Å². The van der Waals surface area contributed by atoms with Gasteiger partial charge in [0, 0.05) is 13.1 Å². The monoisotopic (exact) mass is 251 g/mol. The van der Waals surface area contributed by atoms with E-state index in [1.54, 1.807) is 0 Å². The van der Waals surface area contributed by atoms with Crippen molar-refractivity contribution in [3.05, 3.63) is 0 Å². The highest BCUT2D eigenvalue weighted by Gasteiger charge is 2.22. The van der Waals surface area contributed by atoms with Crippen LogP contribution in [0.2, 0.25) is 0 Å². The van der Waals surface area contributed by atoms with Gasteiger partial charge in [0.2, 0.25) is 0 Å². The molecule has 0 spiro atoms. The molecule has 1 saturated heterocycles. The van der Waals surface area contributed by atoms with E-state index in [0.717, 1.165) is 25.9 Å². The molecule has 1 atom stereocenters. The van der Waals surface area contributed by atoms with Crippen LogP contribution >= 0.6 is 0 Å². The molecule has 1 heterocycles. The number of nitrogens with zero attached hydrogens (tertiary/aromatic N) is 2. The fourth-order valence-electron chi connectivity index (χ4n) is 2.86. The highest BCUT2D eigenvalue weighted by atomic mass is 16.5. The van der Waals surface area contributed by atoms with Crippen molar-refractivity contribution >= 4 is 12.6 Å². The van der Waals surface area contributed by atoms with Crippen LogP contribution in [-0.2, 0) is 4.74 Å². The summed E-state index contributed by atoms with van der Waals surface area (Å²) in [7, 11) is 0. The second-order valence-corrected chi connectivity index (χ2v) is 5.38. The molecule has 18 heavy (non-hydrogen) atoms. The van der Waals surface area contributed by atoms with E-state index in [2.05, 4.69) is 16.6 Å². The summed E-state index contributed by atoms with van der Waals surface area (Å²) in [5.41, 5.74) is 0. The van der Waals surface area contributed by atoms with E-state index in [0.29, 0.717) is 18.4 Å². The first-order valence-corrected chi connectivity index (χ1v) is 7.23. The lowest BCUT2D eigenvalue weighted by atomic mass is 9.98. The maximum Gasteiger partial charge on any atom is 0.154 e. The first-order chi connectivity index (χ1) is 8.79. The fraction of sp³-hybridized carbons (Fsp3) is 0.857. The molecule has 4 nitrogen and oxygen atoms in total. The molecule has 2 rings (SSSR count). The van der Waals surface area contributed by atoms with Gasteiger partial charge < -0.3 is 9.64 Å². The minimum atomic E-state index is -0.221. The molecule has 0 aromatic carbocycles. The van der Waals surface area contributed by atoms with E-state index in [1.165, 1.54) is 32.1 Å². The van der Waals surface area contributed by atoms with Crippen LogP contribution in [0.4, 0.5) is 0 Å². The summed E-state index contributed by atoms with van der Waals surface area (Å²) in [6.07, 6.45) is 9.25. The second kappa shape index (κ2) is 6.88. The Balaban J connectivity index is 1.76. The van der Waals surface area contributed by atoms with E-state index in [-0.39, 0.29) is 6.23 Å². The Labute approximate surface area is 110 Å². The predicted molar refractivity (Wildman–Crippen MR) is 74.4 cm³/mol. The first kappa shape index (κ1) is 13.5. The molecule has 0 bridgehead atoms. The third kappa shape index (κ3) is 3.80. The summed E-state index contributed by atoms with van der Waals surface area (Å²) in [4.78, 5) is 6.20. The lowest BCUT2D eigenvalue weighted by Crippen LogP contribution is -2.32. The number of hydrogen-bond acceptors (Lipinski definition) is 3. The zero-order valence-electron chi connectivity index (χ0n) is 11.2. The Hall–Kier alpha value is -0.900. The summed E-state index contributed by atoms with van der Waals surface area (Å²) in [6.45, 7) is 5.66. The van der Waals surface area contributed by atoms with Gasteiger partial charge in [-0.05, 0) is 32.4 Å². The van der Waals surface area contributed by atoms with Crippen molar-refractivity contribution in [3.8, 4) is 0 Å². The molecule has 2 fully saturated rings. The third-order valence-corrected chi connectivity index (χ3v) is 3.96. The fourth-order valence-corrected chi connectivity index (χ4v) is 2.86. The maximum atomic E-state index is 8.10. The van der Waals surface area contributed by atoms with E-state index < -0.39 is 0 Å². The number of aliphatic imine (C=N–C) groups is 1. The van der Waals surface area contributed by atoms with Gasteiger partial charge in [0.15, 0.2) is 6.23 Å². The molecule has 1 aliphatic carbocycles. The average molecular weight is 251 g/mol. The van der Waals surface area contributed by atoms with Crippen LogP contribution in [0.3, 0.4) is 0 Å². The van der Waals surface area contributed by atoms with E-state index in [4.69, 9.17) is 10.1 Å². The van der Waals surface area contributed by atoms with E-state index in [1.807, 2.05) is 0 Å². The molecule has 0 radical (unpaired) electrons. The van der Waals surface area contributed by atoms with Crippen LogP contribution in [0.5, 0.6) is 0 Å². The quantitative estimate of drug-likeness (QED) is 0.603. The number of hydrogen-bond donors (Lipinski definition) is 1. The maximum absolute atomic E-state index is 8.10. The van der Waals surface area contributed by atoms with Crippen molar-refractivity contribution in [1.82, 2.24) is 4.90 Å². The number of rotatable bonds is 5. The van der Waals surface area contributed by atoms with Gasteiger partial charge in [-0.2, -0.15) is 0 Å². The van der Waals surface area contributed by atoms with Gasteiger partial charge >= 0.3 is 0 Å². The normalized spacial score (nSPS) is 23.0. The van der Waals surface area contributed by atoms with Crippen molar-refractivity contribution in [2.75, 3.05) is 13.1 Å². The molecule has 4 heteroatoms. The van der Waals surface area contributed by atoms with E-state index >= 15 is 0 Å². The topological polar surface area (TPSA) is 48.7 Å². The Morgan fingerprint density at radius 2 is 1.89 bits per heavy atom. The molecule has 1 N–H and O–H groups in total. The second-order valence-electron chi connectivity index (χ2n) is 5.38. The summed E-state index contributed by atoms with van der Waals surface area (Å²) in [5.74, 6) is 0.667. The van der Waals surface area contributed by atoms with Gasteiger partial charge in [-0.1, -0.05) is 19.3 Å². The van der Waals surface area contributed by atoms with Crippen LogP contribution < -0.4 is 0 Å². The van der Waals surface area contributed by atoms with Gasteiger partial charge in [-0.25, -0.2) is 0 Å². The van der Waals surface area contributed by atoms with E-state index in [9.17, 15) is 0 Å². The highest BCUT2D eigenvalue weighted by Crippen LogP contribution is 2.23. The molecule has 1 aliphatic heterocycles. The molecule has 1 unspecified atom stereocenters. The minimum Gasteiger partial charge on any atom is -0.360 e. The molecule has 0 aromatic rings. The molecule has 102 valence electrons. The molecular formula is C14H25N3O. The lowest BCUT2D eigenvalue weighted by molar-refractivity contribution is -0.0222. The van der Waals surface area contributed by atoms with Crippen LogP contribution in [-0.4, -0.2) is 42.9 Å². The number of nitrogens with one attached hydrogen (secondary N) is 1. The Bertz CT molecular complexity index is 281. The summed E-state index contributed by atoms with van der Waals surface area (Å²) in [6, 6.07) is 0. The van der Waals surface area contributed by atoms with Gasteiger partial charge in [-0.15, -0.1) is 0 Å². The number of ether oxygens (including phenoxy) is 1.